The molecule has 3 N–H and O–H groups in total. The van der Waals surface area contributed by atoms with E-state index in [9.17, 15) is 18.0 Å². The molecule has 4 atom stereocenters. The number of ether oxygens (including phenoxy) is 1. The number of hydrogen-bond donors (Lipinski definition) is 3. The molecule has 33 heavy (non-hydrogen) atoms. The Bertz CT molecular complexity index is 897. The first kappa shape index (κ1) is 27.6. The maximum atomic E-state index is 13.7. The molecule has 8 nitrogen and oxygen atoms in total. The predicted octanol–water partition coefficient (Wildman–Crippen LogP) is 1.95. The van der Waals surface area contributed by atoms with Crippen LogP contribution in [-0.4, -0.2) is 61.0 Å². The van der Waals surface area contributed by atoms with E-state index in [0.717, 1.165) is 16.3 Å². The molecule has 1 aromatic carbocycles. The fourth-order valence-corrected chi connectivity index (χ4v) is 5.93. The average Bonchev–Trinajstić information content (AvgIpc) is 3.16. The maximum absolute atomic E-state index is 13.7. The fourth-order valence-electron chi connectivity index (χ4n) is 3.76. The molecule has 0 radical (unpaired) electrons. The summed E-state index contributed by atoms with van der Waals surface area (Å²) in [6.07, 6.45) is 1.57. The van der Waals surface area contributed by atoms with Crippen molar-refractivity contribution >= 4 is 34.5 Å². The van der Waals surface area contributed by atoms with Gasteiger partial charge in [0.25, 0.3) is 0 Å². The average molecular weight is 500 g/mol. The summed E-state index contributed by atoms with van der Waals surface area (Å²) in [6.45, 7) is 5.75. The van der Waals surface area contributed by atoms with Crippen molar-refractivity contribution in [1.29, 1.82) is 0 Å². The van der Waals surface area contributed by atoms with Crippen LogP contribution in [0.5, 0.6) is 0 Å². The van der Waals surface area contributed by atoms with E-state index in [1.165, 1.54) is 0 Å². The number of nitrogens with two attached hydrogens (primary N) is 1. The molecule has 1 heterocycles. The van der Waals surface area contributed by atoms with Gasteiger partial charge in [-0.05, 0) is 24.3 Å². The standard InChI is InChI=1S/C23H37N3O5S2/c1-4-17(2)10-13-33(29,30)26(21(27)18(3)14-19-8-6-5-7-9-19)23(11-12-31-22(23)28)25-15-20(24)16-32/h5-9,17-18,20,25,32H,4,10-16,24H2,1-3H3/t17-,18?,20?,23+/m0/s1. The van der Waals surface area contributed by atoms with Gasteiger partial charge in [-0.25, -0.2) is 17.5 Å². The molecule has 0 aromatic heterocycles. The first-order valence-corrected chi connectivity index (χ1v) is 13.7. The van der Waals surface area contributed by atoms with Crippen molar-refractivity contribution in [2.45, 2.75) is 58.2 Å². The summed E-state index contributed by atoms with van der Waals surface area (Å²) in [5.41, 5.74) is 5.07. The largest absolute Gasteiger partial charge is 0.463 e. The zero-order chi connectivity index (χ0) is 24.6. The number of hydrogen-bond acceptors (Lipinski definition) is 8. The van der Waals surface area contributed by atoms with Gasteiger partial charge in [0, 0.05) is 30.7 Å². The summed E-state index contributed by atoms with van der Waals surface area (Å²) in [4.78, 5) is 26.7. The van der Waals surface area contributed by atoms with Gasteiger partial charge in [-0.2, -0.15) is 12.6 Å². The number of nitrogens with zero attached hydrogens (tertiary/aromatic N) is 1. The summed E-state index contributed by atoms with van der Waals surface area (Å²) in [7, 11) is -4.13. The topological polar surface area (TPSA) is 119 Å². The minimum Gasteiger partial charge on any atom is -0.463 e. The van der Waals surface area contributed by atoms with E-state index in [1.807, 2.05) is 44.2 Å². The quantitative estimate of drug-likeness (QED) is 0.216. The van der Waals surface area contributed by atoms with E-state index in [-0.39, 0.29) is 31.2 Å². The molecule has 10 heteroatoms. The minimum atomic E-state index is -4.13. The Labute approximate surface area is 203 Å². The van der Waals surface area contributed by atoms with E-state index in [1.54, 1.807) is 6.92 Å². The number of rotatable bonds is 13. The van der Waals surface area contributed by atoms with Crippen LogP contribution in [0.2, 0.25) is 0 Å². The number of sulfonamides is 1. The van der Waals surface area contributed by atoms with Gasteiger partial charge in [0.15, 0.2) is 0 Å². The lowest BCUT2D eigenvalue weighted by Gasteiger charge is -2.39. The summed E-state index contributed by atoms with van der Waals surface area (Å²) in [5.74, 6) is -1.82. The second-order valence-electron chi connectivity index (χ2n) is 8.88. The molecule has 0 bridgehead atoms. The van der Waals surface area contributed by atoms with Crippen LogP contribution in [0.25, 0.3) is 0 Å². The number of benzene rings is 1. The number of esters is 1. The molecular formula is C23H37N3O5S2. The summed E-state index contributed by atoms with van der Waals surface area (Å²) >= 11 is 4.17. The third kappa shape index (κ3) is 6.94. The van der Waals surface area contributed by atoms with Gasteiger partial charge in [0.1, 0.15) is 0 Å². The van der Waals surface area contributed by atoms with Crippen LogP contribution >= 0.6 is 12.6 Å². The molecule has 2 rings (SSSR count). The lowest BCUT2D eigenvalue weighted by molar-refractivity contribution is -0.153. The molecule has 2 unspecified atom stereocenters. The first-order valence-electron chi connectivity index (χ1n) is 11.5. The Balaban J connectivity index is 2.45. The highest BCUT2D eigenvalue weighted by Crippen LogP contribution is 2.31. The van der Waals surface area contributed by atoms with Gasteiger partial charge in [-0.1, -0.05) is 57.5 Å². The SMILES string of the molecule is CC[C@H](C)CCS(=O)(=O)N(C(=O)C(C)Cc1ccccc1)[C@]1(NCC(N)CS)CCOC1=O. The van der Waals surface area contributed by atoms with Crippen LogP contribution in [0.4, 0.5) is 0 Å². The van der Waals surface area contributed by atoms with Gasteiger partial charge < -0.3 is 10.5 Å². The van der Waals surface area contributed by atoms with Crippen LogP contribution in [0.15, 0.2) is 30.3 Å². The Kier molecular flexibility index (Phi) is 10.2. The number of cyclic esters (lactones) is 1. The van der Waals surface area contributed by atoms with E-state index >= 15 is 0 Å². The Hall–Kier alpha value is -1.62. The van der Waals surface area contributed by atoms with Crippen molar-refractivity contribution < 1.29 is 22.7 Å². The zero-order valence-electron chi connectivity index (χ0n) is 19.7. The molecule has 0 saturated carbocycles. The molecule has 1 aliphatic heterocycles. The first-order chi connectivity index (χ1) is 15.6. The van der Waals surface area contributed by atoms with Gasteiger partial charge in [0.05, 0.1) is 12.4 Å². The number of amides is 1. The van der Waals surface area contributed by atoms with Crippen LogP contribution in [0, 0.1) is 11.8 Å². The fraction of sp³-hybridized carbons (Fsp3) is 0.652. The summed E-state index contributed by atoms with van der Waals surface area (Å²) in [5, 5.41) is 2.98. The molecule has 0 spiro atoms. The van der Waals surface area contributed by atoms with Crippen molar-refractivity contribution in [3.63, 3.8) is 0 Å². The highest BCUT2D eigenvalue weighted by Gasteiger charge is 2.56. The highest BCUT2D eigenvalue weighted by atomic mass is 32.2. The van der Waals surface area contributed by atoms with Crippen molar-refractivity contribution in [2.75, 3.05) is 24.7 Å². The molecule has 1 saturated heterocycles. The van der Waals surface area contributed by atoms with Crippen molar-refractivity contribution in [3.05, 3.63) is 35.9 Å². The molecule has 0 aliphatic carbocycles. The summed E-state index contributed by atoms with van der Waals surface area (Å²) < 4.78 is 33.2. The second-order valence-corrected chi connectivity index (χ2v) is 11.2. The van der Waals surface area contributed by atoms with Crippen LogP contribution in [-0.2, 0) is 30.8 Å². The normalized spacial score (nSPS) is 21.3. The number of carbonyl (C=O) groups excluding carboxylic acids is 2. The van der Waals surface area contributed by atoms with Gasteiger partial charge in [-0.15, -0.1) is 0 Å². The lowest BCUT2D eigenvalue weighted by atomic mass is 9.98. The third-order valence-corrected chi connectivity index (χ3v) is 8.39. The molecule has 1 aromatic rings. The molecular weight excluding hydrogens is 462 g/mol. The predicted molar refractivity (Wildman–Crippen MR) is 132 cm³/mol. The Morgan fingerprint density at radius 1 is 1.30 bits per heavy atom. The van der Waals surface area contributed by atoms with E-state index in [2.05, 4.69) is 17.9 Å². The van der Waals surface area contributed by atoms with Crippen LogP contribution in [0.3, 0.4) is 0 Å². The maximum Gasteiger partial charge on any atom is 0.348 e. The minimum absolute atomic E-state index is 0.0136. The van der Waals surface area contributed by atoms with E-state index < -0.39 is 39.5 Å². The molecule has 1 fully saturated rings. The summed E-state index contributed by atoms with van der Waals surface area (Å²) in [6, 6.07) is 8.94. The van der Waals surface area contributed by atoms with E-state index in [4.69, 9.17) is 10.5 Å². The van der Waals surface area contributed by atoms with Crippen molar-refractivity contribution in [1.82, 2.24) is 9.62 Å². The Morgan fingerprint density at radius 2 is 1.97 bits per heavy atom. The highest BCUT2D eigenvalue weighted by molar-refractivity contribution is 7.89. The van der Waals surface area contributed by atoms with Crippen molar-refractivity contribution in [2.24, 2.45) is 17.6 Å². The number of nitrogens with one attached hydrogen (secondary N) is 1. The Morgan fingerprint density at radius 3 is 2.52 bits per heavy atom. The van der Waals surface area contributed by atoms with Gasteiger partial charge in [0.2, 0.25) is 21.6 Å². The van der Waals surface area contributed by atoms with Crippen LogP contribution in [0.1, 0.15) is 45.6 Å². The number of carbonyl (C=O) groups is 2. The van der Waals surface area contributed by atoms with Crippen molar-refractivity contribution in [3.8, 4) is 0 Å². The molecule has 1 aliphatic rings. The van der Waals surface area contributed by atoms with Gasteiger partial charge >= 0.3 is 5.97 Å². The number of thiol groups is 1. The second kappa shape index (κ2) is 12.2. The van der Waals surface area contributed by atoms with E-state index in [0.29, 0.717) is 18.6 Å². The lowest BCUT2D eigenvalue weighted by Crippen LogP contribution is -2.68. The third-order valence-electron chi connectivity index (χ3n) is 6.12. The molecule has 1 amide bonds. The van der Waals surface area contributed by atoms with Gasteiger partial charge in [-0.3, -0.25) is 10.1 Å². The molecule has 186 valence electrons. The smallest absolute Gasteiger partial charge is 0.348 e. The van der Waals surface area contributed by atoms with Crippen LogP contribution < -0.4 is 11.1 Å². The zero-order valence-corrected chi connectivity index (χ0v) is 21.4. The monoisotopic (exact) mass is 499 g/mol.